The van der Waals surface area contributed by atoms with Gasteiger partial charge in [-0.15, -0.1) is 0 Å². The highest BCUT2D eigenvalue weighted by Crippen LogP contribution is 2.25. The second-order valence-electron chi connectivity index (χ2n) is 6.21. The fourth-order valence-electron chi connectivity index (χ4n) is 3.46. The summed E-state index contributed by atoms with van der Waals surface area (Å²) in [5.74, 6) is 1.72. The number of rotatable bonds is 3. The van der Waals surface area contributed by atoms with Crippen molar-refractivity contribution in [3.8, 4) is 0 Å². The van der Waals surface area contributed by atoms with E-state index in [4.69, 9.17) is 4.98 Å². The first kappa shape index (κ1) is 13.8. The van der Waals surface area contributed by atoms with Gasteiger partial charge in [0.2, 0.25) is 5.95 Å². The molecule has 110 valence electrons. The summed E-state index contributed by atoms with van der Waals surface area (Å²) in [5, 5.41) is 3.29. The molecule has 1 aromatic heterocycles. The number of aryl methyl sites for hydroxylation is 1. The van der Waals surface area contributed by atoms with Crippen molar-refractivity contribution in [3.05, 3.63) is 17.5 Å². The summed E-state index contributed by atoms with van der Waals surface area (Å²) in [6, 6.07) is 0. The fraction of sp³-hybridized carbons (Fsp3) is 0.750. The number of hydrogen-bond acceptors (Lipinski definition) is 4. The van der Waals surface area contributed by atoms with E-state index < -0.39 is 0 Å². The van der Waals surface area contributed by atoms with Gasteiger partial charge in [0.1, 0.15) is 0 Å². The number of aromatic nitrogens is 2. The van der Waals surface area contributed by atoms with Crippen LogP contribution in [0.25, 0.3) is 0 Å². The number of nitrogens with zero attached hydrogens (tertiary/aromatic N) is 3. The first-order valence-corrected chi connectivity index (χ1v) is 8.11. The Labute approximate surface area is 122 Å². The highest BCUT2D eigenvalue weighted by molar-refractivity contribution is 5.34. The average molecular weight is 274 g/mol. The second-order valence-corrected chi connectivity index (χ2v) is 6.21. The van der Waals surface area contributed by atoms with Crippen molar-refractivity contribution in [2.75, 3.05) is 31.6 Å². The van der Waals surface area contributed by atoms with E-state index in [-0.39, 0.29) is 0 Å². The molecule has 20 heavy (non-hydrogen) atoms. The summed E-state index contributed by atoms with van der Waals surface area (Å²) in [6.45, 7) is 3.36. The van der Waals surface area contributed by atoms with E-state index in [1.54, 1.807) is 0 Å². The molecule has 0 spiro atoms. The van der Waals surface area contributed by atoms with Crippen molar-refractivity contribution in [2.24, 2.45) is 5.92 Å². The molecule has 0 radical (unpaired) electrons. The summed E-state index contributed by atoms with van der Waals surface area (Å²) in [7, 11) is 2.04. The zero-order valence-corrected chi connectivity index (χ0v) is 12.6. The molecule has 1 saturated heterocycles. The van der Waals surface area contributed by atoms with Gasteiger partial charge in [0, 0.05) is 25.0 Å². The average Bonchev–Trinajstić information content (AvgIpc) is 2.76. The summed E-state index contributed by atoms with van der Waals surface area (Å²) in [6.07, 6.45) is 10.9. The van der Waals surface area contributed by atoms with Crippen molar-refractivity contribution in [1.82, 2.24) is 15.3 Å². The molecular weight excluding hydrogens is 248 g/mol. The lowest BCUT2D eigenvalue weighted by Crippen LogP contribution is -2.29. The molecule has 2 aliphatic rings. The Balaban J connectivity index is 1.73. The molecule has 1 aromatic rings. The van der Waals surface area contributed by atoms with E-state index in [9.17, 15) is 0 Å². The highest BCUT2D eigenvalue weighted by atomic mass is 15.2. The molecule has 1 N–H and O–H groups in total. The van der Waals surface area contributed by atoms with Crippen LogP contribution in [0.15, 0.2) is 6.20 Å². The molecule has 0 bridgehead atoms. The monoisotopic (exact) mass is 274 g/mol. The van der Waals surface area contributed by atoms with Gasteiger partial charge in [-0.2, -0.15) is 0 Å². The van der Waals surface area contributed by atoms with Crippen LogP contribution in [0.4, 0.5) is 5.95 Å². The van der Waals surface area contributed by atoms with E-state index in [2.05, 4.69) is 21.4 Å². The molecule has 1 unspecified atom stereocenters. The number of hydrogen-bond donors (Lipinski definition) is 1. The van der Waals surface area contributed by atoms with Gasteiger partial charge >= 0.3 is 0 Å². The van der Waals surface area contributed by atoms with Crippen LogP contribution in [-0.4, -0.2) is 36.6 Å². The second kappa shape index (κ2) is 6.53. The highest BCUT2D eigenvalue weighted by Gasteiger charge is 2.21. The van der Waals surface area contributed by atoms with Crippen molar-refractivity contribution in [3.63, 3.8) is 0 Å². The zero-order chi connectivity index (χ0) is 13.8. The summed E-state index contributed by atoms with van der Waals surface area (Å²) in [5.41, 5.74) is 2.67. The SMILES string of the molecule is CNCC1CCc2nc(N3CCCCCC3)ncc2C1. The van der Waals surface area contributed by atoms with Crippen LogP contribution >= 0.6 is 0 Å². The molecule has 2 heterocycles. The van der Waals surface area contributed by atoms with Gasteiger partial charge < -0.3 is 10.2 Å². The van der Waals surface area contributed by atoms with Gasteiger partial charge in [-0.25, -0.2) is 9.97 Å². The molecule has 3 rings (SSSR count). The van der Waals surface area contributed by atoms with Gasteiger partial charge in [-0.05, 0) is 57.2 Å². The third-order valence-corrected chi connectivity index (χ3v) is 4.62. The Hall–Kier alpha value is -1.16. The molecule has 1 aliphatic heterocycles. The molecule has 0 amide bonds. The predicted octanol–water partition coefficient (Wildman–Crippen LogP) is 2.18. The maximum absolute atomic E-state index is 4.87. The quantitative estimate of drug-likeness (QED) is 0.917. The number of fused-ring (bicyclic) bond motifs is 1. The van der Waals surface area contributed by atoms with Gasteiger partial charge in [0.25, 0.3) is 0 Å². The van der Waals surface area contributed by atoms with Crippen molar-refractivity contribution >= 4 is 5.95 Å². The minimum Gasteiger partial charge on any atom is -0.341 e. The van der Waals surface area contributed by atoms with E-state index in [1.807, 2.05) is 7.05 Å². The first-order chi connectivity index (χ1) is 9.86. The molecule has 1 aliphatic carbocycles. The van der Waals surface area contributed by atoms with Gasteiger partial charge in [0.05, 0.1) is 0 Å². The van der Waals surface area contributed by atoms with Gasteiger partial charge in [-0.1, -0.05) is 12.8 Å². The van der Waals surface area contributed by atoms with Gasteiger partial charge in [0.15, 0.2) is 0 Å². The van der Waals surface area contributed by atoms with Gasteiger partial charge in [-0.3, -0.25) is 0 Å². The molecule has 1 atom stereocenters. The van der Waals surface area contributed by atoms with Crippen LogP contribution in [0.2, 0.25) is 0 Å². The third-order valence-electron chi connectivity index (χ3n) is 4.62. The van der Waals surface area contributed by atoms with Crippen LogP contribution in [0.5, 0.6) is 0 Å². The number of nitrogens with one attached hydrogen (secondary N) is 1. The standard InChI is InChI=1S/C16H26N4/c1-17-11-13-6-7-15-14(10-13)12-18-16(19-15)20-8-4-2-3-5-9-20/h12-13,17H,2-11H2,1H3. The van der Waals surface area contributed by atoms with Crippen LogP contribution < -0.4 is 10.2 Å². The first-order valence-electron chi connectivity index (χ1n) is 8.11. The normalized spacial score (nSPS) is 23.2. The molecule has 1 fully saturated rings. The van der Waals surface area contributed by atoms with Crippen LogP contribution in [0, 0.1) is 5.92 Å². The third kappa shape index (κ3) is 3.11. The smallest absolute Gasteiger partial charge is 0.225 e. The summed E-state index contributed by atoms with van der Waals surface area (Å²) >= 11 is 0. The van der Waals surface area contributed by atoms with Crippen molar-refractivity contribution < 1.29 is 0 Å². The maximum Gasteiger partial charge on any atom is 0.225 e. The Morgan fingerprint density at radius 1 is 1.25 bits per heavy atom. The fourth-order valence-corrected chi connectivity index (χ4v) is 3.46. The molecule has 4 heteroatoms. The minimum atomic E-state index is 0.750. The summed E-state index contributed by atoms with van der Waals surface area (Å²) in [4.78, 5) is 11.9. The predicted molar refractivity (Wildman–Crippen MR) is 82.2 cm³/mol. The Morgan fingerprint density at radius 2 is 2.05 bits per heavy atom. The van der Waals surface area contributed by atoms with E-state index in [0.29, 0.717) is 0 Å². The lowest BCUT2D eigenvalue weighted by Gasteiger charge is -2.26. The Kier molecular flexibility index (Phi) is 4.51. The van der Waals surface area contributed by atoms with E-state index >= 15 is 0 Å². The van der Waals surface area contributed by atoms with Crippen molar-refractivity contribution in [2.45, 2.75) is 44.9 Å². The molecule has 0 saturated carbocycles. The molecular formula is C16H26N4. The zero-order valence-electron chi connectivity index (χ0n) is 12.6. The molecule has 4 nitrogen and oxygen atoms in total. The lowest BCUT2D eigenvalue weighted by molar-refractivity contribution is 0.434. The van der Waals surface area contributed by atoms with E-state index in [0.717, 1.165) is 44.3 Å². The lowest BCUT2D eigenvalue weighted by atomic mass is 9.87. The molecule has 0 aromatic carbocycles. The largest absolute Gasteiger partial charge is 0.341 e. The van der Waals surface area contributed by atoms with Crippen LogP contribution in [0.3, 0.4) is 0 Å². The minimum absolute atomic E-state index is 0.750. The Morgan fingerprint density at radius 3 is 2.80 bits per heavy atom. The van der Waals surface area contributed by atoms with Crippen molar-refractivity contribution in [1.29, 1.82) is 0 Å². The Bertz CT molecular complexity index is 438. The topological polar surface area (TPSA) is 41.1 Å². The van der Waals surface area contributed by atoms with E-state index in [1.165, 1.54) is 43.4 Å². The van der Waals surface area contributed by atoms with Crippen LogP contribution in [0.1, 0.15) is 43.4 Å². The maximum atomic E-state index is 4.87. The van der Waals surface area contributed by atoms with Crippen LogP contribution in [-0.2, 0) is 12.8 Å². The summed E-state index contributed by atoms with van der Waals surface area (Å²) < 4.78 is 0. The number of anilines is 1.